The summed E-state index contributed by atoms with van der Waals surface area (Å²) in [5.41, 5.74) is 3.45. The van der Waals surface area contributed by atoms with Gasteiger partial charge in [0, 0.05) is 0 Å². The Balaban J connectivity index is 1.87. The second-order valence-electron chi connectivity index (χ2n) is 5.92. The van der Waals surface area contributed by atoms with E-state index in [-0.39, 0.29) is 11.7 Å². The lowest BCUT2D eigenvalue weighted by molar-refractivity contribution is 0.102. The van der Waals surface area contributed by atoms with E-state index in [1.165, 1.54) is 18.3 Å². The lowest BCUT2D eigenvalue weighted by Crippen LogP contribution is -2.14. The van der Waals surface area contributed by atoms with E-state index in [1.54, 1.807) is 23.7 Å². The third-order valence-corrected chi connectivity index (χ3v) is 4.01. The summed E-state index contributed by atoms with van der Waals surface area (Å²) in [7, 11) is 0. The molecule has 0 atom stereocenters. The fourth-order valence-electron chi connectivity index (χ4n) is 2.67. The maximum Gasteiger partial charge on any atom is 0.259 e. The summed E-state index contributed by atoms with van der Waals surface area (Å²) in [5, 5.41) is 7.13. The zero-order valence-corrected chi connectivity index (χ0v) is 14.9. The van der Waals surface area contributed by atoms with E-state index in [2.05, 4.69) is 10.4 Å². The first-order valence-electron chi connectivity index (χ1n) is 8.35. The van der Waals surface area contributed by atoms with Gasteiger partial charge in [-0.25, -0.2) is 9.07 Å². The predicted octanol–water partition coefficient (Wildman–Crippen LogP) is 4.28. The van der Waals surface area contributed by atoms with Crippen LogP contribution in [-0.2, 0) is 0 Å². The molecule has 1 aromatic heterocycles. The van der Waals surface area contributed by atoms with Crippen molar-refractivity contribution in [1.29, 1.82) is 0 Å². The van der Waals surface area contributed by atoms with Crippen LogP contribution in [0.15, 0.2) is 48.7 Å². The van der Waals surface area contributed by atoms with Crippen LogP contribution in [0.3, 0.4) is 0 Å². The van der Waals surface area contributed by atoms with Crippen LogP contribution in [0, 0.1) is 19.7 Å². The molecule has 0 fully saturated rings. The number of nitrogens with one attached hydrogen (secondary N) is 1. The molecule has 0 aliphatic rings. The summed E-state index contributed by atoms with van der Waals surface area (Å²) in [5.74, 6) is 0.0319. The minimum atomic E-state index is -0.320. The van der Waals surface area contributed by atoms with Gasteiger partial charge in [0.25, 0.3) is 5.91 Å². The Morgan fingerprint density at radius 2 is 1.92 bits per heavy atom. The molecule has 2 aromatic carbocycles. The van der Waals surface area contributed by atoms with Crippen LogP contribution in [0.2, 0.25) is 0 Å². The van der Waals surface area contributed by atoms with E-state index in [0.29, 0.717) is 35.0 Å². The number of amides is 1. The number of benzene rings is 2. The number of aryl methyl sites for hydroxylation is 1. The lowest BCUT2D eigenvalue weighted by Gasteiger charge is -2.12. The maximum absolute atomic E-state index is 13.1. The molecule has 0 radical (unpaired) electrons. The number of nitrogens with zero attached hydrogens (tertiary/aromatic N) is 2. The van der Waals surface area contributed by atoms with E-state index in [9.17, 15) is 9.18 Å². The zero-order valence-electron chi connectivity index (χ0n) is 14.9. The standard InChI is InChI=1S/C20H20FN3O2/c1-4-26-19-11-13(2)5-10-18(19)23-20(25)17-12-22-24(14(17)3)16-8-6-15(21)7-9-16/h5-12H,4H2,1-3H3,(H,23,25). The molecule has 134 valence electrons. The van der Waals surface area contributed by atoms with Gasteiger partial charge in [-0.2, -0.15) is 5.10 Å². The molecule has 0 saturated heterocycles. The average molecular weight is 353 g/mol. The SMILES string of the molecule is CCOc1cc(C)ccc1NC(=O)c1cnn(-c2ccc(F)cc2)c1C. The third kappa shape index (κ3) is 3.59. The second-order valence-corrected chi connectivity index (χ2v) is 5.92. The molecular formula is C20H20FN3O2. The van der Waals surface area contributed by atoms with Crippen LogP contribution in [-0.4, -0.2) is 22.3 Å². The quantitative estimate of drug-likeness (QED) is 0.745. The van der Waals surface area contributed by atoms with E-state index in [0.717, 1.165) is 5.56 Å². The van der Waals surface area contributed by atoms with Crippen LogP contribution in [0.5, 0.6) is 5.75 Å². The van der Waals surface area contributed by atoms with Gasteiger partial charge in [0.2, 0.25) is 0 Å². The normalized spacial score (nSPS) is 10.6. The fraction of sp³-hybridized carbons (Fsp3) is 0.200. The molecule has 1 N–H and O–H groups in total. The molecule has 0 spiro atoms. The summed E-state index contributed by atoms with van der Waals surface area (Å²) < 4.78 is 20.3. The smallest absolute Gasteiger partial charge is 0.259 e. The number of ether oxygens (including phenoxy) is 1. The molecule has 0 unspecified atom stereocenters. The number of rotatable bonds is 5. The number of carbonyl (C=O) groups is 1. The number of carbonyl (C=O) groups excluding carboxylic acids is 1. The first-order chi connectivity index (χ1) is 12.5. The van der Waals surface area contributed by atoms with E-state index < -0.39 is 0 Å². The topological polar surface area (TPSA) is 56.1 Å². The summed E-state index contributed by atoms with van der Waals surface area (Å²) in [4.78, 5) is 12.7. The van der Waals surface area contributed by atoms with Gasteiger partial charge in [0.05, 0.1) is 35.4 Å². The van der Waals surface area contributed by atoms with Crippen molar-refractivity contribution in [2.75, 3.05) is 11.9 Å². The molecular weight excluding hydrogens is 333 g/mol. The molecule has 6 heteroatoms. The Bertz CT molecular complexity index is 933. The number of hydrogen-bond donors (Lipinski definition) is 1. The fourth-order valence-corrected chi connectivity index (χ4v) is 2.67. The van der Waals surface area contributed by atoms with Gasteiger partial charge in [-0.15, -0.1) is 0 Å². The van der Waals surface area contributed by atoms with Crippen molar-refractivity contribution in [2.45, 2.75) is 20.8 Å². The van der Waals surface area contributed by atoms with Gasteiger partial charge < -0.3 is 10.1 Å². The molecule has 3 aromatic rings. The minimum absolute atomic E-state index is 0.277. The van der Waals surface area contributed by atoms with Crippen molar-refractivity contribution in [3.8, 4) is 11.4 Å². The van der Waals surface area contributed by atoms with E-state index in [1.807, 2.05) is 32.0 Å². The van der Waals surface area contributed by atoms with Gasteiger partial charge in [-0.3, -0.25) is 4.79 Å². The molecule has 0 bridgehead atoms. The Labute approximate surface area is 151 Å². The summed E-state index contributed by atoms with van der Waals surface area (Å²) >= 11 is 0. The first kappa shape index (κ1) is 17.7. The largest absolute Gasteiger partial charge is 0.492 e. The number of hydrogen-bond acceptors (Lipinski definition) is 3. The number of aromatic nitrogens is 2. The van der Waals surface area contributed by atoms with Crippen molar-refractivity contribution in [3.63, 3.8) is 0 Å². The molecule has 1 amide bonds. The maximum atomic E-state index is 13.1. The van der Waals surface area contributed by atoms with Crippen molar-refractivity contribution in [1.82, 2.24) is 9.78 Å². The molecule has 3 rings (SSSR count). The van der Waals surface area contributed by atoms with Gasteiger partial charge in [0.15, 0.2) is 0 Å². The molecule has 0 aliphatic heterocycles. The summed E-state index contributed by atoms with van der Waals surface area (Å²) in [6.07, 6.45) is 1.50. The van der Waals surface area contributed by atoms with Gasteiger partial charge >= 0.3 is 0 Å². The number of halogens is 1. The molecule has 1 heterocycles. The van der Waals surface area contributed by atoms with E-state index in [4.69, 9.17) is 4.74 Å². The van der Waals surface area contributed by atoms with Crippen LogP contribution >= 0.6 is 0 Å². The average Bonchev–Trinajstić information content (AvgIpc) is 3.00. The lowest BCUT2D eigenvalue weighted by atomic mass is 10.2. The Morgan fingerprint density at radius 3 is 2.62 bits per heavy atom. The van der Waals surface area contributed by atoms with Crippen molar-refractivity contribution >= 4 is 11.6 Å². The molecule has 0 aliphatic carbocycles. The predicted molar refractivity (Wildman–Crippen MR) is 98.6 cm³/mol. The van der Waals surface area contributed by atoms with Crippen LogP contribution in [0.25, 0.3) is 5.69 Å². The van der Waals surface area contributed by atoms with Crippen LogP contribution < -0.4 is 10.1 Å². The third-order valence-electron chi connectivity index (χ3n) is 4.01. The molecule has 26 heavy (non-hydrogen) atoms. The zero-order chi connectivity index (χ0) is 18.7. The molecule has 5 nitrogen and oxygen atoms in total. The number of anilines is 1. The highest BCUT2D eigenvalue weighted by Crippen LogP contribution is 2.27. The second kappa shape index (κ2) is 7.39. The van der Waals surface area contributed by atoms with Gasteiger partial charge in [-0.05, 0) is 62.7 Å². The van der Waals surface area contributed by atoms with E-state index >= 15 is 0 Å². The summed E-state index contributed by atoms with van der Waals surface area (Å²) in [6.45, 7) is 6.16. The highest BCUT2D eigenvalue weighted by atomic mass is 19.1. The van der Waals surface area contributed by atoms with Gasteiger partial charge in [0.1, 0.15) is 11.6 Å². The minimum Gasteiger partial charge on any atom is -0.492 e. The van der Waals surface area contributed by atoms with Crippen molar-refractivity contribution < 1.29 is 13.9 Å². The summed E-state index contributed by atoms with van der Waals surface area (Å²) in [6, 6.07) is 11.6. The van der Waals surface area contributed by atoms with Gasteiger partial charge in [-0.1, -0.05) is 6.07 Å². The Morgan fingerprint density at radius 1 is 1.19 bits per heavy atom. The van der Waals surface area contributed by atoms with Crippen molar-refractivity contribution in [2.24, 2.45) is 0 Å². The molecule has 0 saturated carbocycles. The Hall–Kier alpha value is -3.15. The highest BCUT2D eigenvalue weighted by Gasteiger charge is 2.17. The van der Waals surface area contributed by atoms with Crippen LogP contribution in [0.1, 0.15) is 28.5 Å². The highest BCUT2D eigenvalue weighted by molar-refractivity contribution is 6.05. The Kier molecular flexibility index (Phi) is 5.02. The van der Waals surface area contributed by atoms with Crippen LogP contribution in [0.4, 0.5) is 10.1 Å². The monoisotopic (exact) mass is 353 g/mol. The van der Waals surface area contributed by atoms with Crippen molar-refractivity contribution in [3.05, 3.63) is 71.3 Å². The first-order valence-corrected chi connectivity index (χ1v) is 8.35.